The Morgan fingerprint density at radius 2 is 2.25 bits per heavy atom. The topological polar surface area (TPSA) is 63.0 Å². The van der Waals surface area contributed by atoms with Gasteiger partial charge in [0.05, 0.1) is 12.1 Å². The van der Waals surface area contributed by atoms with Crippen molar-refractivity contribution in [1.29, 1.82) is 0 Å². The van der Waals surface area contributed by atoms with E-state index in [0.29, 0.717) is 19.0 Å². The number of nitrogens with one attached hydrogen (secondary N) is 1. The van der Waals surface area contributed by atoms with Crippen LogP contribution in [0.5, 0.6) is 0 Å². The number of nitrogens with zero attached hydrogens (tertiary/aromatic N) is 3. The van der Waals surface area contributed by atoms with Crippen LogP contribution in [0.25, 0.3) is 0 Å². The van der Waals surface area contributed by atoms with Crippen molar-refractivity contribution in [2.24, 2.45) is 13.0 Å². The molecular formula is C11H22N4O. The maximum atomic E-state index is 10.1. The number of hydrogen-bond acceptors (Lipinski definition) is 4. The van der Waals surface area contributed by atoms with Gasteiger partial charge in [-0.25, -0.2) is 4.98 Å². The normalized spacial score (nSPS) is 15.4. The average molecular weight is 226 g/mol. The third kappa shape index (κ3) is 4.28. The fourth-order valence-electron chi connectivity index (χ4n) is 1.88. The van der Waals surface area contributed by atoms with E-state index in [-0.39, 0.29) is 0 Å². The van der Waals surface area contributed by atoms with Crippen LogP contribution >= 0.6 is 0 Å². The highest BCUT2D eigenvalue weighted by molar-refractivity contribution is 4.84. The van der Waals surface area contributed by atoms with Gasteiger partial charge in [0.2, 0.25) is 0 Å². The highest BCUT2D eigenvalue weighted by atomic mass is 16.3. The summed E-state index contributed by atoms with van der Waals surface area (Å²) >= 11 is 0. The quantitative estimate of drug-likeness (QED) is 0.749. The summed E-state index contributed by atoms with van der Waals surface area (Å²) in [5, 5.41) is 17.3. The summed E-state index contributed by atoms with van der Waals surface area (Å²) < 4.78 is 1.73. The number of aromatic nitrogens is 3. The van der Waals surface area contributed by atoms with Crippen molar-refractivity contribution in [3.8, 4) is 0 Å². The van der Waals surface area contributed by atoms with Gasteiger partial charge in [-0.15, -0.1) is 0 Å². The van der Waals surface area contributed by atoms with Crippen LogP contribution in [0.1, 0.15) is 33.0 Å². The van der Waals surface area contributed by atoms with Crippen molar-refractivity contribution in [3.05, 3.63) is 12.2 Å². The van der Waals surface area contributed by atoms with Gasteiger partial charge in [0.15, 0.2) is 0 Å². The molecule has 1 aromatic heterocycles. The first-order valence-corrected chi connectivity index (χ1v) is 5.67. The molecule has 0 aliphatic rings. The predicted molar refractivity (Wildman–Crippen MR) is 62.8 cm³/mol. The van der Waals surface area contributed by atoms with E-state index in [4.69, 9.17) is 0 Å². The predicted octanol–water partition coefficient (Wildman–Crippen LogP) is 0.702. The molecule has 1 unspecified atom stereocenters. The summed E-state index contributed by atoms with van der Waals surface area (Å²) in [6.07, 6.45) is 2.32. The van der Waals surface area contributed by atoms with E-state index in [0.717, 1.165) is 12.2 Å². The zero-order valence-electron chi connectivity index (χ0n) is 10.6. The van der Waals surface area contributed by atoms with Gasteiger partial charge in [0.25, 0.3) is 0 Å². The Morgan fingerprint density at radius 3 is 2.75 bits per heavy atom. The third-order valence-corrected chi connectivity index (χ3v) is 2.44. The highest BCUT2D eigenvalue weighted by Gasteiger charge is 2.21. The van der Waals surface area contributed by atoms with Crippen LogP contribution in [0.3, 0.4) is 0 Å². The molecule has 1 heterocycles. The molecule has 0 aromatic carbocycles. The van der Waals surface area contributed by atoms with E-state index >= 15 is 0 Å². The van der Waals surface area contributed by atoms with Crippen LogP contribution in [0.2, 0.25) is 0 Å². The monoisotopic (exact) mass is 226 g/mol. The Balaban J connectivity index is 2.32. The average Bonchev–Trinajstić information content (AvgIpc) is 2.49. The van der Waals surface area contributed by atoms with Crippen molar-refractivity contribution < 1.29 is 5.11 Å². The minimum Gasteiger partial charge on any atom is -0.389 e. The van der Waals surface area contributed by atoms with Crippen LogP contribution in [-0.4, -0.2) is 32.0 Å². The number of hydrogen-bond donors (Lipinski definition) is 2. The van der Waals surface area contributed by atoms with Crippen LogP contribution in [-0.2, 0) is 13.6 Å². The van der Waals surface area contributed by atoms with Crippen molar-refractivity contribution in [3.63, 3.8) is 0 Å². The molecule has 0 spiro atoms. The molecular weight excluding hydrogens is 204 g/mol. The second kappa shape index (κ2) is 5.41. The van der Waals surface area contributed by atoms with Crippen LogP contribution in [0.4, 0.5) is 0 Å². The third-order valence-electron chi connectivity index (χ3n) is 2.44. The molecule has 92 valence electrons. The lowest BCUT2D eigenvalue weighted by molar-refractivity contribution is 0.0381. The second-order valence-electron chi connectivity index (χ2n) is 5.00. The van der Waals surface area contributed by atoms with Gasteiger partial charge in [-0.05, 0) is 19.3 Å². The first kappa shape index (κ1) is 13.1. The van der Waals surface area contributed by atoms with Crippen molar-refractivity contribution >= 4 is 0 Å². The number of aryl methyl sites for hydroxylation is 1. The number of rotatable bonds is 6. The smallest absolute Gasteiger partial charge is 0.140 e. The zero-order valence-corrected chi connectivity index (χ0v) is 10.6. The SMILES string of the molecule is CC(C)CC(C)(O)CNCc1ncnn1C. The lowest BCUT2D eigenvalue weighted by atomic mass is 9.94. The van der Waals surface area contributed by atoms with E-state index < -0.39 is 5.60 Å². The lowest BCUT2D eigenvalue weighted by Crippen LogP contribution is -2.39. The molecule has 0 fully saturated rings. The molecule has 1 rings (SSSR count). The summed E-state index contributed by atoms with van der Waals surface area (Å²) in [4.78, 5) is 4.10. The molecule has 0 amide bonds. The van der Waals surface area contributed by atoms with Gasteiger partial charge in [0.1, 0.15) is 12.2 Å². The summed E-state index contributed by atoms with van der Waals surface area (Å²) in [6.45, 7) is 7.27. The van der Waals surface area contributed by atoms with Crippen LogP contribution in [0.15, 0.2) is 6.33 Å². The van der Waals surface area contributed by atoms with Gasteiger partial charge in [-0.3, -0.25) is 4.68 Å². The zero-order chi connectivity index (χ0) is 12.2. The van der Waals surface area contributed by atoms with E-state index in [2.05, 4.69) is 29.2 Å². The molecule has 1 aromatic rings. The van der Waals surface area contributed by atoms with Crippen molar-refractivity contribution in [1.82, 2.24) is 20.1 Å². The maximum absolute atomic E-state index is 10.1. The molecule has 0 saturated heterocycles. The first-order valence-electron chi connectivity index (χ1n) is 5.67. The minimum atomic E-state index is -0.660. The fraction of sp³-hybridized carbons (Fsp3) is 0.818. The second-order valence-corrected chi connectivity index (χ2v) is 5.00. The van der Waals surface area contributed by atoms with Crippen molar-refractivity contribution in [2.75, 3.05) is 6.54 Å². The molecule has 0 aliphatic carbocycles. The number of aliphatic hydroxyl groups is 1. The van der Waals surface area contributed by atoms with Crippen LogP contribution in [0, 0.1) is 5.92 Å². The van der Waals surface area contributed by atoms with Gasteiger partial charge in [-0.1, -0.05) is 13.8 Å². The summed E-state index contributed by atoms with van der Waals surface area (Å²) in [5.41, 5.74) is -0.660. The van der Waals surface area contributed by atoms with Gasteiger partial charge >= 0.3 is 0 Å². The minimum absolute atomic E-state index is 0.492. The Bertz CT molecular complexity index is 320. The highest BCUT2D eigenvalue weighted by Crippen LogP contribution is 2.15. The van der Waals surface area contributed by atoms with Gasteiger partial charge < -0.3 is 10.4 Å². The van der Waals surface area contributed by atoms with E-state index in [1.807, 2.05) is 14.0 Å². The Kier molecular flexibility index (Phi) is 4.44. The first-order chi connectivity index (χ1) is 7.41. The molecule has 5 heteroatoms. The van der Waals surface area contributed by atoms with Crippen LogP contribution < -0.4 is 5.32 Å². The Hall–Kier alpha value is -0.940. The van der Waals surface area contributed by atoms with Gasteiger partial charge in [-0.2, -0.15) is 5.10 Å². The Morgan fingerprint density at radius 1 is 1.56 bits per heavy atom. The molecule has 0 saturated carbocycles. The maximum Gasteiger partial charge on any atom is 0.140 e. The van der Waals surface area contributed by atoms with Crippen molar-refractivity contribution in [2.45, 2.75) is 39.3 Å². The van der Waals surface area contributed by atoms with E-state index in [1.165, 1.54) is 6.33 Å². The summed E-state index contributed by atoms with van der Waals surface area (Å²) in [5.74, 6) is 1.37. The van der Waals surface area contributed by atoms with E-state index in [1.54, 1.807) is 4.68 Å². The van der Waals surface area contributed by atoms with Gasteiger partial charge in [0, 0.05) is 13.6 Å². The van der Waals surface area contributed by atoms with E-state index in [9.17, 15) is 5.11 Å². The summed E-state index contributed by atoms with van der Waals surface area (Å²) in [7, 11) is 1.86. The molecule has 16 heavy (non-hydrogen) atoms. The molecule has 2 N–H and O–H groups in total. The fourth-order valence-corrected chi connectivity index (χ4v) is 1.88. The molecule has 0 radical (unpaired) electrons. The molecule has 0 aliphatic heterocycles. The standard InChI is InChI=1S/C11H22N4O/c1-9(2)5-11(3,16)7-12-6-10-13-8-14-15(10)4/h8-9,12,16H,5-7H2,1-4H3. The molecule has 0 bridgehead atoms. The largest absolute Gasteiger partial charge is 0.389 e. The lowest BCUT2D eigenvalue weighted by Gasteiger charge is -2.25. The molecule has 1 atom stereocenters. The molecule has 5 nitrogen and oxygen atoms in total. The Labute approximate surface area is 96.9 Å². The summed E-state index contributed by atoms with van der Waals surface area (Å²) in [6, 6.07) is 0.